The van der Waals surface area contributed by atoms with Crippen LogP contribution in [-0.2, 0) is 4.79 Å². The molecule has 0 radical (unpaired) electrons. The van der Waals surface area contributed by atoms with Crippen molar-refractivity contribution in [3.63, 3.8) is 0 Å². The summed E-state index contributed by atoms with van der Waals surface area (Å²) >= 11 is 0. The number of nitrogens with one attached hydrogen (secondary N) is 2. The van der Waals surface area contributed by atoms with Gasteiger partial charge in [0, 0.05) is 22.9 Å². The number of allylic oxidation sites excluding steroid dienone is 1. The molecule has 98 valence electrons. The fraction of sp³-hybridized carbons (Fsp3) is 0.0588. The summed E-state index contributed by atoms with van der Waals surface area (Å²) in [6.45, 7) is 2.03. The number of hydrogen-bond acceptors (Lipinski definition) is 3. The number of carbonyl (C=O) groups excluding carboxylic acids is 1. The van der Waals surface area contributed by atoms with E-state index in [9.17, 15) is 4.79 Å². The van der Waals surface area contributed by atoms with Gasteiger partial charge >= 0.3 is 0 Å². The summed E-state index contributed by atoms with van der Waals surface area (Å²) in [5, 5.41) is 11.1. The Bertz CT molecular complexity index is 727. The van der Waals surface area contributed by atoms with Crippen LogP contribution in [0.4, 0.5) is 5.69 Å². The Morgan fingerprint density at radius 3 is 2.30 bits per heavy atom. The highest BCUT2D eigenvalue weighted by molar-refractivity contribution is 6.51. The molecule has 3 nitrogen and oxygen atoms in total. The van der Waals surface area contributed by atoms with E-state index in [0.717, 1.165) is 16.9 Å². The second kappa shape index (κ2) is 4.78. The van der Waals surface area contributed by atoms with Crippen molar-refractivity contribution in [1.29, 1.82) is 5.41 Å². The van der Waals surface area contributed by atoms with Crippen molar-refractivity contribution in [2.45, 2.75) is 6.92 Å². The number of fused-ring (bicyclic) bond motifs is 1. The van der Waals surface area contributed by atoms with E-state index in [2.05, 4.69) is 5.32 Å². The van der Waals surface area contributed by atoms with Gasteiger partial charge in [-0.15, -0.1) is 0 Å². The smallest absolute Gasteiger partial charge is 0.206 e. The first-order valence-corrected chi connectivity index (χ1v) is 6.43. The van der Waals surface area contributed by atoms with E-state index in [-0.39, 0.29) is 11.5 Å². The molecule has 2 aromatic carbocycles. The van der Waals surface area contributed by atoms with Crippen LogP contribution in [0.3, 0.4) is 0 Å². The second-order valence-electron chi connectivity index (χ2n) is 4.83. The maximum absolute atomic E-state index is 11.9. The minimum Gasteiger partial charge on any atom is -0.355 e. The van der Waals surface area contributed by atoms with Gasteiger partial charge in [0.2, 0.25) is 5.78 Å². The van der Waals surface area contributed by atoms with Gasteiger partial charge in [-0.05, 0) is 19.1 Å². The molecule has 2 N–H and O–H groups in total. The molecule has 0 aromatic heterocycles. The van der Waals surface area contributed by atoms with Crippen molar-refractivity contribution in [3.05, 3.63) is 71.3 Å². The molecular formula is C17H14N2O. The molecule has 0 unspecified atom stereocenters. The predicted octanol–water partition coefficient (Wildman–Crippen LogP) is 3.40. The van der Waals surface area contributed by atoms with Crippen LogP contribution in [0.25, 0.3) is 5.70 Å². The molecule has 0 saturated carbocycles. The first kappa shape index (κ1) is 12.4. The zero-order chi connectivity index (χ0) is 14.1. The number of anilines is 1. The van der Waals surface area contributed by atoms with Gasteiger partial charge in [0.15, 0.2) is 0 Å². The SMILES string of the molecule is Cc1ccc(NC2=CC(=O)C(=N)c3ccccc32)cc1. The lowest BCUT2D eigenvalue weighted by Crippen LogP contribution is -2.20. The number of carbonyl (C=O) groups is 1. The molecule has 2 aromatic rings. The molecule has 0 heterocycles. The van der Waals surface area contributed by atoms with E-state index >= 15 is 0 Å². The summed E-state index contributed by atoms with van der Waals surface area (Å²) < 4.78 is 0. The van der Waals surface area contributed by atoms with Gasteiger partial charge in [0.1, 0.15) is 5.71 Å². The third-order valence-corrected chi connectivity index (χ3v) is 3.34. The fourth-order valence-electron chi connectivity index (χ4n) is 2.25. The van der Waals surface area contributed by atoms with Crippen LogP contribution in [0, 0.1) is 12.3 Å². The Hall–Kier alpha value is -2.68. The summed E-state index contributed by atoms with van der Waals surface area (Å²) in [6.07, 6.45) is 1.49. The average Bonchev–Trinajstić information content (AvgIpc) is 2.47. The lowest BCUT2D eigenvalue weighted by molar-refractivity contribution is -0.108. The molecule has 0 bridgehead atoms. The summed E-state index contributed by atoms with van der Waals surface area (Å²) in [6, 6.07) is 15.5. The molecule has 0 amide bonds. The largest absolute Gasteiger partial charge is 0.355 e. The lowest BCUT2D eigenvalue weighted by Gasteiger charge is -2.19. The average molecular weight is 262 g/mol. The quantitative estimate of drug-likeness (QED) is 0.871. The van der Waals surface area contributed by atoms with Crippen LogP contribution in [0.2, 0.25) is 0 Å². The van der Waals surface area contributed by atoms with E-state index in [4.69, 9.17) is 5.41 Å². The van der Waals surface area contributed by atoms with Crippen LogP contribution in [-0.4, -0.2) is 11.5 Å². The van der Waals surface area contributed by atoms with Gasteiger partial charge in [-0.3, -0.25) is 10.2 Å². The van der Waals surface area contributed by atoms with E-state index in [1.165, 1.54) is 11.6 Å². The van der Waals surface area contributed by atoms with Crippen molar-refractivity contribution >= 4 is 22.9 Å². The summed E-state index contributed by atoms with van der Waals surface area (Å²) in [7, 11) is 0. The standard InChI is InChI=1S/C17H14N2O/c1-11-6-8-12(9-7-11)19-15-10-16(20)17(18)14-5-3-2-4-13(14)15/h2-10,18-19H,1H3. The van der Waals surface area contributed by atoms with Crippen molar-refractivity contribution in [1.82, 2.24) is 0 Å². The monoisotopic (exact) mass is 262 g/mol. The van der Waals surface area contributed by atoms with Crippen LogP contribution in [0.1, 0.15) is 16.7 Å². The fourth-order valence-corrected chi connectivity index (χ4v) is 2.25. The highest BCUT2D eigenvalue weighted by Crippen LogP contribution is 2.26. The first-order chi connectivity index (χ1) is 9.65. The molecule has 0 aliphatic heterocycles. The van der Waals surface area contributed by atoms with Gasteiger partial charge in [-0.25, -0.2) is 0 Å². The van der Waals surface area contributed by atoms with Crippen LogP contribution in [0.15, 0.2) is 54.6 Å². The highest BCUT2D eigenvalue weighted by Gasteiger charge is 2.22. The molecule has 3 rings (SSSR count). The highest BCUT2D eigenvalue weighted by atomic mass is 16.1. The molecule has 1 aliphatic carbocycles. The molecule has 0 saturated heterocycles. The van der Waals surface area contributed by atoms with E-state index in [1.54, 1.807) is 6.07 Å². The Morgan fingerprint density at radius 2 is 1.60 bits per heavy atom. The van der Waals surface area contributed by atoms with E-state index in [1.807, 2.05) is 49.4 Å². The molecule has 0 spiro atoms. The van der Waals surface area contributed by atoms with E-state index < -0.39 is 0 Å². The third-order valence-electron chi connectivity index (χ3n) is 3.34. The van der Waals surface area contributed by atoms with Crippen LogP contribution >= 0.6 is 0 Å². The van der Waals surface area contributed by atoms with Gasteiger partial charge in [-0.2, -0.15) is 0 Å². The Kier molecular flexibility index (Phi) is 2.95. The Labute approximate surface area is 117 Å². The van der Waals surface area contributed by atoms with E-state index in [0.29, 0.717) is 5.56 Å². The zero-order valence-electron chi connectivity index (χ0n) is 11.1. The van der Waals surface area contributed by atoms with Crippen molar-refractivity contribution in [2.24, 2.45) is 0 Å². The maximum atomic E-state index is 11.9. The zero-order valence-corrected chi connectivity index (χ0v) is 11.1. The van der Waals surface area contributed by atoms with Crippen LogP contribution in [0.5, 0.6) is 0 Å². The van der Waals surface area contributed by atoms with Gasteiger partial charge < -0.3 is 5.32 Å². The number of rotatable bonds is 2. The normalized spacial score (nSPS) is 13.8. The number of ketones is 1. The minimum atomic E-state index is -0.265. The lowest BCUT2D eigenvalue weighted by atomic mass is 9.92. The third kappa shape index (κ3) is 2.14. The van der Waals surface area contributed by atoms with Crippen LogP contribution < -0.4 is 5.32 Å². The minimum absolute atomic E-state index is 0.0510. The Morgan fingerprint density at radius 1 is 0.950 bits per heavy atom. The summed E-state index contributed by atoms with van der Waals surface area (Å²) in [4.78, 5) is 11.9. The predicted molar refractivity (Wildman–Crippen MR) is 81.1 cm³/mol. The second-order valence-corrected chi connectivity index (χ2v) is 4.83. The van der Waals surface area contributed by atoms with Crippen molar-refractivity contribution in [3.8, 4) is 0 Å². The molecule has 0 atom stereocenters. The first-order valence-electron chi connectivity index (χ1n) is 6.43. The van der Waals surface area contributed by atoms with Gasteiger partial charge in [0.05, 0.1) is 5.70 Å². The summed E-state index contributed by atoms with van der Waals surface area (Å²) in [5.74, 6) is -0.265. The van der Waals surface area contributed by atoms with Crippen molar-refractivity contribution in [2.75, 3.05) is 5.32 Å². The molecule has 3 heteroatoms. The topological polar surface area (TPSA) is 53.0 Å². The molecule has 0 fully saturated rings. The maximum Gasteiger partial charge on any atom is 0.206 e. The number of benzene rings is 2. The molecular weight excluding hydrogens is 248 g/mol. The molecule has 20 heavy (non-hydrogen) atoms. The Balaban J connectivity index is 2.01. The molecule has 1 aliphatic rings. The van der Waals surface area contributed by atoms with Gasteiger partial charge in [-0.1, -0.05) is 42.0 Å². The summed E-state index contributed by atoms with van der Waals surface area (Å²) in [5.41, 5.74) is 4.47. The van der Waals surface area contributed by atoms with Crippen molar-refractivity contribution < 1.29 is 4.79 Å². The number of hydrogen-bond donors (Lipinski definition) is 2. The van der Waals surface area contributed by atoms with Gasteiger partial charge in [0.25, 0.3) is 0 Å². The number of aryl methyl sites for hydroxylation is 1.